The number of hydrogen-bond acceptors (Lipinski definition) is 2. The zero-order valence-corrected chi connectivity index (χ0v) is 14.0. The molecule has 0 aliphatic heterocycles. The van der Waals surface area contributed by atoms with Crippen molar-refractivity contribution in [3.63, 3.8) is 0 Å². The first-order chi connectivity index (χ1) is 12.0. The number of rotatable bonds is 3. The van der Waals surface area contributed by atoms with E-state index in [-0.39, 0.29) is 11.4 Å². The summed E-state index contributed by atoms with van der Waals surface area (Å²) in [7, 11) is 0. The number of aliphatic imine (C=N–C) groups is 2. The molecule has 2 aromatic rings. The number of halogens is 8. The lowest BCUT2D eigenvalue weighted by molar-refractivity contribution is -0.138. The van der Waals surface area contributed by atoms with Crippen molar-refractivity contribution < 1.29 is 26.3 Å². The number of nitrogens with zero attached hydrogens (tertiary/aromatic N) is 2. The normalized spacial score (nSPS) is 13.8. The molecule has 0 bridgehead atoms. The third-order valence-electron chi connectivity index (χ3n) is 2.97. The van der Waals surface area contributed by atoms with Crippen LogP contribution in [-0.4, -0.2) is 10.3 Å². The van der Waals surface area contributed by atoms with E-state index in [1.54, 1.807) is 0 Å². The van der Waals surface area contributed by atoms with Crippen LogP contribution >= 0.6 is 23.2 Å². The molecule has 0 fully saturated rings. The Bertz CT molecular complexity index is 785. The van der Waals surface area contributed by atoms with Crippen LogP contribution in [0.4, 0.5) is 37.7 Å². The highest BCUT2D eigenvalue weighted by Crippen LogP contribution is 2.33. The van der Waals surface area contributed by atoms with Gasteiger partial charge in [-0.15, -0.1) is 0 Å². The Morgan fingerprint density at radius 3 is 1.31 bits per heavy atom. The highest BCUT2D eigenvalue weighted by atomic mass is 35.5. The van der Waals surface area contributed by atoms with Crippen LogP contribution in [0.15, 0.2) is 58.5 Å². The standard InChI is InChI=1S/C16H8Cl2F6N2/c17-13(25-11-5-1-3-9(7-11)15(19,20)21)14(18)26-12-6-2-4-10(8-12)16(22,23)24/h1-8H. The van der Waals surface area contributed by atoms with E-state index in [0.717, 1.165) is 36.4 Å². The van der Waals surface area contributed by atoms with Gasteiger partial charge in [-0.05, 0) is 36.4 Å². The maximum atomic E-state index is 12.7. The average molecular weight is 413 g/mol. The largest absolute Gasteiger partial charge is 0.416 e. The van der Waals surface area contributed by atoms with Gasteiger partial charge in [-0.1, -0.05) is 35.3 Å². The first-order valence-corrected chi connectivity index (χ1v) is 7.55. The molecule has 0 saturated carbocycles. The fourth-order valence-electron chi connectivity index (χ4n) is 1.82. The lowest BCUT2D eigenvalue weighted by Crippen LogP contribution is -2.04. The Morgan fingerprint density at radius 1 is 0.654 bits per heavy atom. The number of benzene rings is 2. The minimum Gasteiger partial charge on any atom is -0.233 e. The molecule has 0 radical (unpaired) electrons. The predicted molar refractivity (Wildman–Crippen MR) is 88.8 cm³/mol. The second-order valence-electron chi connectivity index (χ2n) is 4.90. The van der Waals surface area contributed by atoms with Gasteiger partial charge in [-0.2, -0.15) is 26.3 Å². The Labute approximate surface area is 153 Å². The Morgan fingerprint density at radius 2 is 1.00 bits per heavy atom. The van der Waals surface area contributed by atoms with Gasteiger partial charge in [0.2, 0.25) is 0 Å². The van der Waals surface area contributed by atoms with Crippen LogP contribution in [0.1, 0.15) is 11.1 Å². The van der Waals surface area contributed by atoms with Crippen molar-refractivity contribution >= 4 is 44.9 Å². The maximum absolute atomic E-state index is 12.7. The van der Waals surface area contributed by atoms with Crippen LogP contribution in [0.5, 0.6) is 0 Å². The molecule has 26 heavy (non-hydrogen) atoms. The molecule has 0 saturated heterocycles. The summed E-state index contributed by atoms with van der Waals surface area (Å²) in [6, 6.07) is 7.97. The van der Waals surface area contributed by atoms with E-state index < -0.39 is 33.8 Å². The molecule has 0 aliphatic rings. The van der Waals surface area contributed by atoms with E-state index in [1.807, 2.05) is 0 Å². The van der Waals surface area contributed by atoms with Crippen molar-refractivity contribution in [2.45, 2.75) is 12.4 Å². The van der Waals surface area contributed by atoms with Crippen LogP contribution in [0.2, 0.25) is 0 Å². The van der Waals surface area contributed by atoms with E-state index in [1.165, 1.54) is 12.1 Å². The van der Waals surface area contributed by atoms with Gasteiger partial charge < -0.3 is 0 Å². The third-order valence-corrected chi connectivity index (χ3v) is 3.60. The van der Waals surface area contributed by atoms with Gasteiger partial charge in [0.05, 0.1) is 22.5 Å². The van der Waals surface area contributed by atoms with Crippen molar-refractivity contribution in [2.75, 3.05) is 0 Å². The zero-order chi connectivity index (χ0) is 19.5. The van der Waals surface area contributed by atoms with Crippen molar-refractivity contribution in [3.05, 3.63) is 59.7 Å². The summed E-state index contributed by atoms with van der Waals surface area (Å²) in [6.45, 7) is 0. The second-order valence-corrected chi connectivity index (χ2v) is 5.62. The minimum atomic E-state index is -4.56. The molecule has 138 valence electrons. The van der Waals surface area contributed by atoms with Crippen LogP contribution in [0.25, 0.3) is 0 Å². The van der Waals surface area contributed by atoms with E-state index in [0.29, 0.717) is 0 Å². The van der Waals surface area contributed by atoms with Gasteiger partial charge in [0, 0.05) is 0 Å². The Hall–Kier alpha value is -2.06. The smallest absolute Gasteiger partial charge is 0.233 e. The maximum Gasteiger partial charge on any atom is 0.416 e. The molecular weight excluding hydrogens is 405 g/mol. The molecule has 2 aromatic carbocycles. The van der Waals surface area contributed by atoms with Crippen molar-refractivity contribution in [1.82, 2.24) is 0 Å². The van der Waals surface area contributed by atoms with Crippen molar-refractivity contribution in [2.24, 2.45) is 9.98 Å². The number of alkyl halides is 6. The number of hydrogen-bond donors (Lipinski definition) is 0. The van der Waals surface area contributed by atoms with Gasteiger partial charge >= 0.3 is 12.4 Å². The third kappa shape index (κ3) is 5.47. The van der Waals surface area contributed by atoms with Crippen LogP contribution in [0, 0.1) is 0 Å². The summed E-state index contributed by atoms with van der Waals surface area (Å²) in [5.41, 5.74) is -2.15. The van der Waals surface area contributed by atoms with E-state index in [9.17, 15) is 26.3 Å². The SMILES string of the molecule is FC(F)(F)c1cccc(N=C(Cl)C(Cl)=Nc2cccc(C(F)(F)F)c2)c1. The molecule has 0 N–H and O–H groups in total. The first kappa shape index (κ1) is 20.3. The highest BCUT2D eigenvalue weighted by molar-refractivity contribution is 7.00. The molecule has 2 rings (SSSR count). The van der Waals surface area contributed by atoms with Gasteiger partial charge in [0.1, 0.15) is 0 Å². The van der Waals surface area contributed by atoms with Crippen LogP contribution in [-0.2, 0) is 12.4 Å². The van der Waals surface area contributed by atoms with E-state index >= 15 is 0 Å². The molecule has 0 spiro atoms. The lowest BCUT2D eigenvalue weighted by Gasteiger charge is -2.07. The van der Waals surface area contributed by atoms with Crippen molar-refractivity contribution in [1.29, 1.82) is 0 Å². The average Bonchev–Trinajstić information content (AvgIpc) is 2.53. The van der Waals surface area contributed by atoms with E-state index in [2.05, 4.69) is 9.98 Å². The Balaban J connectivity index is 2.31. The molecule has 0 amide bonds. The molecule has 0 aromatic heterocycles. The summed E-state index contributed by atoms with van der Waals surface area (Å²) < 4.78 is 76.0. The summed E-state index contributed by atoms with van der Waals surface area (Å²) in [6.07, 6.45) is -9.12. The summed E-state index contributed by atoms with van der Waals surface area (Å²) >= 11 is 11.6. The van der Waals surface area contributed by atoms with Gasteiger partial charge in [-0.25, -0.2) is 9.98 Å². The second kappa shape index (κ2) is 7.67. The summed E-state index contributed by atoms with van der Waals surface area (Å²) in [5.74, 6) is 0. The quantitative estimate of drug-likeness (QED) is 0.384. The van der Waals surface area contributed by atoms with Gasteiger partial charge in [-0.3, -0.25) is 0 Å². The summed E-state index contributed by atoms with van der Waals surface area (Å²) in [5, 5.41) is -0.938. The predicted octanol–water partition coefficient (Wildman–Crippen LogP) is 6.96. The van der Waals surface area contributed by atoms with E-state index in [4.69, 9.17) is 23.2 Å². The van der Waals surface area contributed by atoms with Crippen LogP contribution in [0.3, 0.4) is 0 Å². The molecule has 0 unspecified atom stereocenters. The molecule has 0 atom stereocenters. The zero-order valence-electron chi connectivity index (χ0n) is 12.5. The highest BCUT2D eigenvalue weighted by Gasteiger charge is 2.31. The molecule has 0 aliphatic carbocycles. The minimum absolute atomic E-state index is 0.137. The van der Waals surface area contributed by atoms with Gasteiger partial charge in [0.15, 0.2) is 10.3 Å². The Kier molecular flexibility index (Phi) is 5.98. The fraction of sp³-hybridized carbons (Fsp3) is 0.125. The fourth-order valence-corrected chi connectivity index (χ4v) is 2.10. The molecule has 2 nitrogen and oxygen atoms in total. The first-order valence-electron chi connectivity index (χ1n) is 6.80. The summed E-state index contributed by atoms with van der Waals surface area (Å²) in [4.78, 5) is 7.40. The topological polar surface area (TPSA) is 24.7 Å². The lowest BCUT2D eigenvalue weighted by atomic mass is 10.2. The van der Waals surface area contributed by atoms with Crippen LogP contribution < -0.4 is 0 Å². The molecule has 10 heteroatoms. The molecular formula is C16H8Cl2F6N2. The van der Waals surface area contributed by atoms with Gasteiger partial charge in [0.25, 0.3) is 0 Å². The monoisotopic (exact) mass is 412 g/mol. The van der Waals surface area contributed by atoms with Crippen molar-refractivity contribution in [3.8, 4) is 0 Å². The molecule has 0 heterocycles.